The molecule has 1 amide bonds. The number of aryl methyl sites for hydroxylation is 1. The number of rotatable bonds is 5. The first kappa shape index (κ1) is 17.4. The Morgan fingerprint density at radius 1 is 1.52 bits per heavy atom. The second-order valence-corrected chi connectivity index (χ2v) is 8.59. The fraction of sp³-hybridized carbons (Fsp3) is 0.417. The van der Waals surface area contributed by atoms with Crippen LogP contribution in [0.4, 0.5) is 10.5 Å². The van der Waals surface area contributed by atoms with Crippen LogP contribution in [0.5, 0.6) is 5.75 Å². The van der Waals surface area contributed by atoms with Gasteiger partial charge in [-0.25, -0.2) is 4.79 Å². The lowest BCUT2D eigenvalue weighted by atomic mass is 10.2. The largest absolute Gasteiger partial charge is 0.452 e. The number of benzene rings is 1. The van der Waals surface area contributed by atoms with Crippen LogP contribution in [0.1, 0.15) is 12.5 Å². The molecule has 0 N–H and O–H groups in total. The minimum atomic E-state index is -2.63. The van der Waals surface area contributed by atoms with Gasteiger partial charge >= 0.3 is 6.09 Å². The van der Waals surface area contributed by atoms with Crippen molar-refractivity contribution in [1.29, 1.82) is 0 Å². The van der Waals surface area contributed by atoms with Gasteiger partial charge in [-0.05, 0) is 37.8 Å². The number of ether oxygens (including phenoxy) is 1. The molecule has 0 aliphatic carbocycles. The number of hydrogen-bond donors (Lipinski definition) is 0. The Labute approximate surface area is 128 Å². The van der Waals surface area contributed by atoms with Gasteiger partial charge in [0.15, 0.2) is 0 Å². The highest BCUT2D eigenvalue weighted by molar-refractivity contribution is 8.11. The van der Waals surface area contributed by atoms with Gasteiger partial charge in [0.1, 0.15) is 5.75 Å². The lowest BCUT2D eigenvalue weighted by molar-refractivity contribution is -0.385. The molecule has 1 aromatic rings. The predicted molar refractivity (Wildman–Crippen MR) is 83.5 cm³/mol. The molecule has 116 valence electrons. The van der Waals surface area contributed by atoms with Crippen LogP contribution >= 0.6 is 6.42 Å². The van der Waals surface area contributed by atoms with Crippen molar-refractivity contribution >= 4 is 30.0 Å². The first-order chi connectivity index (χ1) is 9.72. The highest BCUT2D eigenvalue weighted by Crippen LogP contribution is 2.48. The monoisotopic (exact) mass is 332 g/mol. The van der Waals surface area contributed by atoms with E-state index < -0.39 is 17.4 Å². The van der Waals surface area contributed by atoms with Gasteiger partial charge in [-0.15, -0.1) is 0 Å². The summed E-state index contributed by atoms with van der Waals surface area (Å²) in [5.74, 6) is 0.395. The van der Waals surface area contributed by atoms with Crippen molar-refractivity contribution in [2.24, 2.45) is 0 Å². The highest BCUT2D eigenvalue weighted by Gasteiger charge is 2.27. The van der Waals surface area contributed by atoms with Crippen molar-refractivity contribution in [3.8, 4) is 5.75 Å². The third-order valence-corrected chi connectivity index (χ3v) is 5.45. The van der Waals surface area contributed by atoms with Gasteiger partial charge in [0.25, 0.3) is 5.69 Å². The molecule has 1 unspecified atom stereocenters. The SMILES string of the molecule is CCN(C(=O)OC)P(C)(=S)Oc1ccc([N+](=O)[O-])c(C)c1. The number of hydrogen-bond acceptors (Lipinski definition) is 6. The van der Waals surface area contributed by atoms with Crippen molar-refractivity contribution in [1.82, 2.24) is 4.67 Å². The molecule has 7 nitrogen and oxygen atoms in total. The fourth-order valence-corrected chi connectivity index (χ4v) is 4.07. The molecule has 0 spiro atoms. The van der Waals surface area contributed by atoms with Crippen molar-refractivity contribution in [3.63, 3.8) is 0 Å². The number of nitro benzene ring substituents is 1. The van der Waals surface area contributed by atoms with E-state index >= 15 is 0 Å². The minimum absolute atomic E-state index is 0.00655. The lowest BCUT2D eigenvalue weighted by Crippen LogP contribution is -2.29. The zero-order valence-electron chi connectivity index (χ0n) is 12.2. The summed E-state index contributed by atoms with van der Waals surface area (Å²) in [6.45, 7) is 5.39. The third kappa shape index (κ3) is 4.15. The van der Waals surface area contributed by atoms with Gasteiger partial charge in [0.05, 0.1) is 12.0 Å². The molecule has 0 saturated heterocycles. The maximum Gasteiger partial charge on any atom is 0.415 e. The van der Waals surface area contributed by atoms with Crippen molar-refractivity contribution in [2.75, 3.05) is 20.3 Å². The molecule has 0 radical (unpaired) electrons. The topological polar surface area (TPSA) is 81.9 Å². The average Bonchev–Trinajstić information content (AvgIpc) is 2.37. The molecule has 0 aromatic heterocycles. The predicted octanol–water partition coefficient (Wildman–Crippen LogP) is 3.31. The Balaban J connectivity index is 3.03. The van der Waals surface area contributed by atoms with Crippen LogP contribution < -0.4 is 4.52 Å². The standard InChI is InChI=1S/C12H17N2O5PS/c1-5-13(12(15)18-3)20(4,21)19-10-6-7-11(14(16)17)9(2)8-10/h6-8H,5H2,1-4H3. The summed E-state index contributed by atoms with van der Waals surface area (Å²) < 4.78 is 11.7. The third-order valence-electron chi connectivity index (χ3n) is 2.76. The van der Waals surface area contributed by atoms with E-state index in [4.69, 9.17) is 16.3 Å². The summed E-state index contributed by atoms with van der Waals surface area (Å²) in [5, 5.41) is 10.8. The van der Waals surface area contributed by atoms with Gasteiger partial charge < -0.3 is 9.26 Å². The van der Waals surface area contributed by atoms with E-state index in [1.54, 1.807) is 20.5 Å². The van der Waals surface area contributed by atoms with Crippen LogP contribution in [-0.4, -0.2) is 36.0 Å². The molecule has 0 bridgehead atoms. The van der Waals surface area contributed by atoms with Gasteiger partial charge in [-0.1, -0.05) is 0 Å². The summed E-state index contributed by atoms with van der Waals surface area (Å²) in [6.07, 6.45) is -3.19. The molecule has 0 saturated carbocycles. The summed E-state index contributed by atoms with van der Waals surface area (Å²) in [7, 11) is 1.27. The number of carbonyl (C=O) groups is 1. The molecule has 1 aromatic carbocycles. The summed E-state index contributed by atoms with van der Waals surface area (Å²) in [5.41, 5.74) is 0.473. The summed E-state index contributed by atoms with van der Waals surface area (Å²) >= 11 is 5.40. The molecular weight excluding hydrogens is 315 g/mol. The fourth-order valence-electron chi connectivity index (χ4n) is 1.77. The molecule has 0 aliphatic rings. The Hall–Kier alpha value is -1.66. The minimum Gasteiger partial charge on any atom is -0.452 e. The van der Waals surface area contributed by atoms with Crippen molar-refractivity contribution in [2.45, 2.75) is 13.8 Å². The normalized spacial score (nSPS) is 13.1. The van der Waals surface area contributed by atoms with E-state index in [9.17, 15) is 14.9 Å². The zero-order chi connectivity index (χ0) is 16.2. The second kappa shape index (κ2) is 6.87. The summed E-state index contributed by atoms with van der Waals surface area (Å²) in [6, 6.07) is 4.36. The van der Waals surface area contributed by atoms with E-state index in [1.807, 2.05) is 0 Å². The molecule has 0 fully saturated rings. The number of methoxy groups -OCH3 is 1. The molecule has 21 heavy (non-hydrogen) atoms. The van der Waals surface area contributed by atoms with Crippen LogP contribution in [0.2, 0.25) is 0 Å². The van der Waals surface area contributed by atoms with E-state index in [2.05, 4.69) is 4.74 Å². The smallest absolute Gasteiger partial charge is 0.415 e. The van der Waals surface area contributed by atoms with Crippen LogP contribution in [-0.2, 0) is 16.5 Å². The van der Waals surface area contributed by atoms with Crippen LogP contribution in [0.15, 0.2) is 18.2 Å². The van der Waals surface area contributed by atoms with Gasteiger partial charge in [-0.3, -0.25) is 14.8 Å². The van der Waals surface area contributed by atoms with E-state index in [-0.39, 0.29) is 5.69 Å². The van der Waals surface area contributed by atoms with Crippen LogP contribution in [0, 0.1) is 17.0 Å². The number of nitro groups is 1. The maximum atomic E-state index is 11.7. The van der Waals surface area contributed by atoms with E-state index in [0.717, 1.165) is 0 Å². The van der Waals surface area contributed by atoms with Crippen LogP contribution in [0.25, 0.3) is 0 Å². The van der Waals surface area contributed by atoms with Crippen molar-refractivity contribution < 1.29 is 19.0 Å². The molecule has 1 rings (SSSR count). The number of amides is 1. The molecule has 9 heteroatoms. The van der Waals surface area contributed by atoms with Gasteiger partial charge in [0, 0.05) is 24.8 Å². The molecule has 0 aliphatic heterocycles. The number of carbonyl (C=O) groups excluding carboxylic acids is 1. The summed E-state index contributed by atoms with van der Waals surface area (Å²) in [4.78, 5) is 22.0. The maximum absolute atomic E-state index is 11.7. The van der Waals surface area contributed by atoms with Crippen LogP contribution in [0.3, 0.4) is 0 Å². The lowest BCUT2D eigenvalue weighted by Gasteiger charge is -2.30. The van der Waals surface area contributed by atoms with E-state index in [0.29, 0.717) is 17.9 Å². The Morgan fingerprint density at radius 2 is 2.14 bits per heavy atom. The Kier molecular flexibility index (Phi) is 5.69. The Morgan fingerprint density at radius 3 is 2.57 bits per heavy atom. The zero-order valence-corrected chi connectivity index (χ0v) is 13.9. The Bertz CT molecular complexity index is 607. The molecular formula is C12H17N2O5PS. The van der Waals surface area contributed by atoms with Crippen molar-refractivity contribution in [3.05, 3.63) is 33.9 Å². The first-order valence-corrected chi connectivity index (χ1v) is 9.23. The highest BCUT2D eigenvalue weighted by atomic mass is 32.4. The average molecular weight is 332 g/mol. The quantitative estimate of drug-likeness (QED) is 0.467. The van der Waals surface area contributed by atoms with Gasteiger partial charge in [0.2, 0.25) is 6.42 Å². The number of nitrogens with zero attached hydrogens (tertiary/aromatic N) is 2. The van der Waals surface area contributed by atoms with Gasteiger partial charge in [-0.2, -0.15) is 0 Å². The van der Waals surface area contributed by atoms with E-state index in [1.165, 1.54) is 30.0 Å². The molecule has 0 heterocycles. The first-order valence-electron chi connectivity index (χ1n) is 6.11. The molecule has 1 atom stereocenters. The second-order valence-electron chi connectivity index (χ2n) is 4.29.